The third-order valence-corrected chi connectivity index (χ3v) is 5.90. The fraction of sp³-hybridized carbons (Fsp3) is 0.360. The molecule has 1 aliphatic heterocycles. The average Bonchev–Trinajstić information content (AvgIpc) is 3.13. The van der Waals surface area contributed by atoms with Crippen molar-refractivity contribution < 1.29 is 13.6 Å². The topological polar surface area (TPSA) is 58.4 Å². The lowest BCUT2D eigenvalue weighted by Gasteiger charge is -2.31. The number of benzene rings is 2. The quantitative estimate of drug-likeness (QED) is 0.631. The summed E-state index contributed by atoms with van der Waals surface area (Å²) < 4.78 is 19.0. The van der Waals surface area contributed by atoms with E-state index in [9.17, 15) is 9.18 Å². The maximum atomic E-state index is 13.0. The van der Waals surface area contributed by atoms with E-state index < -0.39 is 0 Å². The van der Waals surface area contributed by atoms with Crippen LogP contribution in [0.25, 0.3) is 11.5 Å². The summed E-state index contributed by atoms with van der Waals surface area (Å²) in [5.41, 5.74) is 3.95. The highest BCUT2D eigenvalue weighted by Gasteiger charge is 2.27. The third-order valence-electron chi connectivity index (χ3n) is 5.90. The molecule has 2 aromatic carbocycles. The smallest absolute Gasteiger partial charge is 0.226 e. The molecule has 0 radical (unpaired) electrons. The van der Waals surface area contributed by atoms with Crippen LogP contribution < -0.4 is 5.32 Å². The Morgan fingerprint density at radius 2 is 1.97 bits per heavy atom. The first-order valence-electron chi connectivity index (χ1n) is 10.8. The summed E-state index contributed by atoms with van der Waals surface area (Å²) in [6.45, 7) is 6.71. The van der Waals surface area contributed by atoms with E-state index in [1.54, 1.807) is 12.1 Å². The average molecular weight is 422 g/mol. The number of rotatable bonds is 6. The number of likely N-dealkylation sites (tertiary alicyclic amines) is 1. The third kappa shape index (κ3) is 5.20. The van der Waals surface area contributed by atoms with Crippen LogP contribution in [-0.2, 0) is 17.9 Å². The Morgan fingerprint density at radius 1 is 1.19 bits per heavy atom. The molecule has 1 amide bonds. The standard InChI is InChI=1S/C25H28FN3O2/c1-17-6-3-4-8-22(17)25-28-23(18(2)31-25)16-29-13-5-7-20(15-29)24(30)27-14-19-9-11-21(26)12-10-19/h3-4,6,8-12,20H,5,7,13-16H2,1-2H3,(H,27,30)/t20-/m1/s1. The van der Waals surface area contributed by atoms with Gasteiger partial charge in [-0.2, -0.15) is 0 Å². The number of halogens is 1. The molecule has 1 fully saturated rings. The Balaban J connectivity index is 1.36. The van der Waals surface area contributed by atoms with Crippen LogP contribution in [-0.4, -0.2) is 28.9 Å². The van der Waals surface area contributed by atoms with Crippen LogP contribution in [0, 0.1) is 25.6 Å². The highest BCUT2D eigenvalue weighted by Crippen LogP contribution is 2.26. The first kappa shape index (κ1) is 21.2. The molecule has 1 atom stereocenters. The number of hydrogen-bond acceptors (Lipinski definition) is 4. The molecule has 1 N–H and O–H groups in total. The molecule has 4 rings (SSSR count). The number of aryl methyl sites for hydroxylation is 2. The molecule has 31 heavy (non-hydrogen) atoms. The number of oxazole rings is 1. The zero-order valence-electron chi connectivity index (χ0n) is 18.0. The molecule has 0 saturated carbocycles. The molecular formula is C25H28FN3O2. The van der Waals surface area contributed by atoms with Gasteiger partial charge in [-0.15, -0.1) is 0 Å². The van der Waals surface area contributed by atoms with Crippen LogP contribution in [0.15, 0.2) is 52.9 Å². The van der Waals surface area contributed by atoms with Gasteiger partial charge in [-0.05, 0) is 62.6 Å². The highest BCUT2D eigenvalue weighted by molar-refractivity contribution is 5.79. The molecule has 1 aliphatic rings. The molecular weight excluding hydrogens is 393 g/mol. The van der Waals surface area contributed by atoms with Gasteiger partial charge in [0, 0.05) is 25.2 Å². The van der Waals surface area contributed by atoms with E-state index >= 15 is 0 Å². The fourth-order valence-corrected chi connectivity index (χ4v) is 4.06. The summed E-state index contributed by atoms with van der Waals surface area (Å²) in [5.74, 6) is 1.19. The van der Waals surface area contributed by atoms with Crippen LogP contribution in [0.5, 0.6) is 0 Å². The van der Waals surface area contributed by atoms with Crippen LogP contribution in [0.4, 0.5) is 4.39 Å². The van der Waals surface area contributed by atoms with Crippen LogP contribution in [0.3, 0.4) is 0 Å². The normalized spacial score (nSPS) is 16.9. The van der Waals surface area contributed by atoms with Crippen molar-refractivity contribution in [2.45, 2.75) is 39.8 Å². The van der Waals surface area contributed by atoms with E-state index in [1.165, 1.54) is 12.1 Å². The summed E-state index contributed by atoms with van der Waals surface area (Å²) in [6, 6.07) is 14.3. The van der Waals surface area contributed by atoms with E-state index in [-0.39, 0.29) is 17.6 Å². The maximum Gasteiger partial charge on any atom is 0.226 e. The molecule has 5 nitrogen and oxygen atoms in total. The van der Waals surface area contributed by atoms with Crippen LogP contribution >= 0.6 is 0 Å². The second-order valence-corrected chi connectivity index (χ2v) is 8.26. The number of piperidine rings is 1. The van der Waals surface area contributed by atoms with Crippen molar-refractivity contribution in [2.75, 3.05) is 13.1 Å². The summed E-state index contributed by atoms with van der Waals surface area (Å²) in [6.07, 6.45) is 1.84. The molecule has 162 valence electrons. The lowest BCUT2D eigenvalue weighted by atomic mass is 9.97. The molecule has 0 bridgehead atoms. The molecule has 3 aromatic rings. The van der Waals surface area contributed by atoms with E-state index in [2.05, 4.69) is 10.2 Å². The molecule has 1 saturated heterocycles. The lowest BCUT2D eigenvalue weighted by Crippen LogP contribution is -2.42. The molecule has 1 aromatic heterocycles. The van der Waals surface area contributed by atoms with Crippen molar-refractivity contribution >= 4 is 5.91 Å². The fourth-order valence-electron chi connectivity index (χ4n) is 4.06. The molecule has 6 heteroatoms. The van der Waals surface area contributed by atoms with Gasteiger partial charge in [0.2, 0.25) is 11.8 Å². The Kier molecular flexibility index (Phi) is 6.47. The Hall–Kier alpha value is -2.99. The lowest BCUT2D eigenvalue weighted by molar-refractivity contribution is -0.127. The van der Waals surface area contributed by atoms with Crippen molar-refractivity contribution in [3.63, 3.8) is 0 Å². The summed E-state index contributed by atoms with van der Waals surface area (Å²) in [7, 11) is 0. The predicted molar refractivity (Wildman–Crippen MR) is 118 cm³/mol. The number of hydrogen-bond donors (Lipinski definition) is 1. The molecule has 2 heterocycles. The number of carbonyl (C=O) groups is 1. The second-order valence-electron chi connectivity index (χ2n) is 8.26. The Bertz CT molecular complexity index is 1050. The van der Waals surface area contributed by atoms with E-state index in [1.807, 2.05) is 38.1 Å². The first-order valence-corrected chi connectivity index (χ1v) is 10.8. The van der Waals surface area contributed by atoms with Crippen molar-refractivity contribution in [2.24, 2.45) is 5.92 Å². The first-order chi connectivity index (χ1) is 15.0. The number of carbonyl (C=O) groups excluding carboxylic acids is 1. The van der Waals surface area contributed by atoms with E-state index in [0.717, 1.165) is 47.5 Å². The van der Waals surface area contributed by atoms with Gasteiger partial charge in [0.1, 0.15) is 11.6 Å². The summed E-state index contributed by atoms with van der Waals surface area (Å²) >= 11 is 0. The zero-order valence-corrected chi connectivity index (χ0v) is 18.0. The Labute approximate surface area is 182 Å². The minimum absolute atomic E-state index is 0.0477. The van der Waals surface area contributed by atoms with Gasteiger partial charge < -0.3 is 9.73 Å². The van der Waals surface area contributed by atoms with Crippen molar-refractivity contribution in [3.05, 3.63) is 76.9 Å². The van der Waals surface area contributed by atoms with Gasteiger partial charge in [-0.1, -0.05) is 30.3 Å². The van der Waals surface area contributed by atoms with Crippen LogP contribution in [0.2, 0.25) is 0 Å². The van der Waals surface area contributed by atoms with E-state index in [4.69, 9.17) is 9.40 Å². The molecule has 0 unspecified atom stereocenters. The Morgan fingerprint density at radius 3 is 2.74 bits per heavy atom. The predicted octanol–water partition coefficient (Wildman–Crippen LogP) is 4.63. The summed E-state index contributed by atoms with van der Waals surface area (Å²) in [5, 5.41) is 2.99. The van der Waals surface area contributed by atoms with E-state index in [0.29, 0.717) is 25.5 Å². The SMILES string of the molecule is Cc1ccccc1-c1nc(CN2CCC[C@@H](C(=O)NCc3ccc(F)cc3)C2)c(C)o1. The minimum Gasteiger partial charge on any atom is -0.441 e. The van der Waals surface area contributed by atoms with Gasteiger partial charge in [-0.25, -0.2) is 9.37 Å². The molecule has 0 aliphatic carbocycles. The largest absolute Gasteiger partial charge is 0.441 e. The number of amides is 1. The second kappa shape index (κ2) is 9.43. The van der Waals surface area contributed by atoms with Gasteiger partial charge in [-0.3, -0.25) is 9.69 Å². The van der Waals surface area contributed by atoms with Crippen molar-refractivity contribution in [3.8, 4) is 11.5 Å². The number of aromatic nitrogens is 1. The van der Waals surface area contributed by atoms with Gasteiger partial charge in [0.05, 0.1) is 11.6 Å². The minimum atomic E-state index is -0.272. The van der Waals surface area contributed by atoms with Gasteiger partial charge in [0.15, 0.2) is 0 Å². The molecule has 0 spiro atoms. The summed E-state index contributed by atoms with van der Waals surface area (Å²) in [4.78, 5) is 19.7. The van der Waals surface area contributed by atoms with Crippen LogP contribution in [0.1, 0.15) is 35.4 Å². The van der Waals surface area contributed by atoms with Gasteiger partial charge >= 0.3 is 0 Å². The monoisotopic (exact) mass is 421 g/mol. The maximum absolute atomic E-state index is 13.0. The number of nitrogens with one attached hydrogen (secondary N) is 1. The van der Waals surface area contributed by atoms with Crippen molar-refractivity contribution in [1.82, 2.24) is 15.2 Å². The van der Waals surface area contributed by atoms with Gasteiger partial charge in [0.25, 0.3) is 0 Å². The number of nitrogens with zero attached hydrogens (tertiary/aromatic N) is 2. The zero-order chi connectivity index (χ0) is 21.8. The highest BCUT2D eigenvalue weighted by atomic mass is 19.1. The van der Waals surface area contributed by atoms with Crippen molar-refractivity contribution in [1.29, 1.82) is 0 Å².